The topological polar surface area (TPSA) is 50.4 Å². The fraction of sp³-hybridized carbons (Fsp3) is 0.562. The summed E-state index contributed by atoms with van der Waals surface area (Å²) in [5, 5.41) is 6.88. The van der Waals surface area contributed by atoms with Crippen molar-refractivity contribution in [2.75, 3.05) is 26.2 Å². The number of carbonyl (C=O) groups is 1. The van der Waals surface area contributed by atoms with E-state index in [4.69, 9.17) is 16.3 Å². The van der Waals surface area contributed by atoms with Gasteiger partial charge in [0.1, 0.15) is 12.4 Å². The van der Waals surface area contributed by atoms with Gasteiger partial charge in [0.05, 0.1) is 6.54 Å². The third-order valence-corrected chi connectivity index (χ3v) is 3.96. The molecule has 1 fully saturated rings. The Bertz CT molecular complexity index is 448. The lowest BCUT2D eigenvalue weighted by molar-refractivity contribution is -0.121. The molecule has 1 aliphatic heterocycles. The van der Waals surface area contributed by atoms with E-state index in [0.717, 1.165) is 25.3 Å². The number of hydrogen-bond donors (Lipinski definition) is 2. The van der Waals surface area contributed by atoms with Crippen molar-refractivity contribution in [3.8, 4) is 5.75 Å². The van der Waals surface area contributed by atoms with Crippen molar-refractivity contribution in [3.63, 3.8) is 0 Å². The van der Waals surface area contributed by atoms with Crippen molar-refractivity contribution < 1.29 is 9.53 Å². The van der Waals surface area contributed by atoms with Gasteiger partial charge in [-0.25, -0.2) is 0 Å². The first-order valence-corrected chi connectivity index (χ1v) is 7.97. The van der Waals surface area contributed by atoms with Gasteiger partial charge in [0, 0.05) is 11.4 Å². The fourth-order valence-corrected chi connectivity index (χ4v) is 2.69. The van der Waals surface area contributed by atoms with Crippen LogP contribution in [-0.2, 0) is 4.79 Å². The molecule has 0 bridgehead atoms. The lowest BCUT2D eigenvalue weighted by Gasteiger charge is -2.22. The van der Waals surface area contributed by atoms with Gasteiger partial charge in [-0.15, -0.1) is 0 Å². The maximum absolute atomic E-state index is 11.7. The molecule has 0 saturated carbocycles. The Labute approximate surface area is 131 Å². The maximum Gasteiger partial charge on any atom is 0.220 e. The average molecular weight is 311 g/mol. The highest BCUT2D eigenvalue weighted by Crippen LogP contribution is 2.18. The molecule has 4 nitrogen and oxygen atoms in total. The lowest BCUT2D eigenvalue weighted by Crippen LogP contribution is -2.30. The molecule has 1 aromatic carbocycles. The summed E-state index contributed by atoms with van der Waals surface area (Å²) in [6.07, 6.45) is 3.97. The second kappa shape index (κ2) is 8.90. The summed E-state index contributed by atoms with van der Waals surface area (Å²) in [5.74, 6) is 1.54. The molecule has 1 heterocycles. The number of benzene rings is 1. The van der Waals surface area contributed by atoms with Crippen LogP contribution < -0.4 is 15.4 Å². The Balaban J connectivity index is 1.54. The van der Waals surface area contributed by atoms with Gasteiger partial charge in [-0.3, -0.25) is 4.79 Å². The SMILES string of the molecule is O=C(CCC1CCNCC1)NCCOc1cccc(Cl)c1. The molecule has 1 amide bonds. The number of amides is 1. The molecule has 1 saturated heterocycles. The second-order valence-corrected chi connectivity index (χ2v) is 5.82. The first kappa shape index (κ1) is 16.1. The number of rotatable bonds is 7. The molecule has 21 heavy (non-hydrogen) atoms. The summed E-state index contributed by atoms with van der Waals surface area (Å²) >= 11 is 5.87. The summed E-state index contributed by atoms with van der Waals surface area (Å²) in [6.45, 7) is 3.15. The third-order valence-electron chi connectivity index (χ3n) is 3.73. The Kier molecular flexibility index (Phi) is 6.83. The molecule has 0 aromatic heterocycles. The van der Waals surface area contributed by atoms with E-state index in [1.165, 1.54) is 12.8 Å². The van der Waals surface area contributed by atoms with E-state index in [0.29, 0.717) is 30.5 Å². The van der Waals surface area contributed by atoms with Gasteiger partial charge in [0.15, 0.2) is 0 Å². The molecule has 0 radical (unpaired) electrons. The monoisotopic (exact) mass is 310 g/mol. The zero-order valence-electron chi connectivity index (χ0n) is 12.2. The van der Waals surface area contributed by atoms with Gasteiger partial charge < -0.3 is 15.4 Å². The number of hydrogen-bond acceptors (Lipinski definition) is 3. The molecule has 0 spiro atoms. The van der Waals surface area contributed by atoms with Crippen LogP contribution >= 0.6 is 11.6 Å². The molecule has 2 rings (SSSR count). The number of nitrogens with one attached hydrogen (secondary N) is 2. The van der Waals surface area contributed by atoms with Crippen LogP contribution in [0.1, 0.15) is 25.7 Å². The Morgan fingerprint density at radius 3 is 2.95 bits per heavy atom. The highest BCUT2D eigenvalue weighted by atomic mass is 35.5. The lowest BCUT2D eigenvalue weighted by atomic mass is 9.93. The van der Waals surface area contributed by atoms with Gasteiger partial charge in [-0.1, -0.05) is 17.7 Å². The highest BCUT2D eigenvalue weighted by Gasteiger charge is 2.14. The maximum atomic E-state index is 11.7. The predicted molar refractivity (Wildman–Crippen MR) is 84.8 cm³/mol. The Morgan fingerprint density at radius 1 is 1.38 bits per heavy atom. The van der Waals surface area contributed by atoms with Crippen LogP contribution in [0, 0.1) is 5.92 Å². The molecule has 1 aliphatic rings. The second-order valence-electron chi connectivity index (χ2n) is 5.39. The smallest absolute Gasteiger partial charge is 0.220 e. The molecule has 0 atom stereocenters. The van der Waals surface area contributed by atoms with Gasteiger partial charge in [0.2, 0.25) is 5.91 Å². The van der Waals surface area contributed by atoms with E-state index in [1.54, 1.807) is 12.1 Å². The first-order valence-electron chi connectivity index (χ1n) is 7.60. The van der Waals surface area contributed by atoms with Crippen LogP contribution in [0.15, 0.2) is 24.3 Å². The van der Waals surface area contributed by atoms with Crippen LogP contribution in [-0.4, -0.2) is 32.1 Å². The molecule has 0 aliphatic carbocycles. The largest absolute Gasteiger partial charge is 0.492 e. The quantitative estimate of drug-likeness (QED) is 0.761. The summed E-state index contributed by atoms with van der Waals surface area (Å²) < 4.78 is 5.52. The van der Waals surface area contributed by atoms with E-state index < -0.39 is 0 Å². The molecular weight excluding hydrogens is 288 g/mol. The summed E-state index contributed by atoms with van der Waals surface area (Å²) in [7, 11) is 0. The molecule has 116 valence electrons. The van der Waals surface area contributed by atoms with Crippen molar-refractivity contribution in [3.05, 3.63) is 29.3 Å². The van der Waals surface area contributed by atoms with Gasteiger partial charge in [-0.2, -0.15) is 0 Å². The number of carbonyl (C=O) groups excluding carboxylic acids is 1. The number of ether oxygens (including phenoxy) is 1. The normalized spacial score (nSPS) is 15.7. The number of piperidine rings is 1. The highest BCUT2D eigenvalue weighted by molar-refractivity contribution is 6.30. The van der Waals surface area contributed by atoms with Crippen LogP contribution in [0.5, 0.6) is 5.75 Å². The standard InChI is InChI=1S/C16H23ClN2O2/c17-14-2-1-3-15(12-14)21-11-10-19-16(20)5-4-13-6-8-18-9-7-13/h1-3,12-13,18H,4-11H2,(H,19,20). The minimum Gasteiger partial charge on any atom is -0.492 e. The molecular formula is C16H23ClN2O2. The molecule has 5 heteroatoms. The van der Waals surface area contributed by atoms with E-state index >= 15 is 0 Å². The van der Waals surface area contributed by atoms with E-state index in [1.807, 2.05) is 12.1 Å². The summed E-state index contributed by atoms with van der Waals surface area (Å²) in [5.41, 5.74) is 0. The third kappa shape index (κ3) is 6.36. The first-order chi connectivity index (χ1) is 10.2. The average Bonchev–Trinajstić information content (AvgIpc) is 2.51. The van der Waals surface area contributed by atoms with Crippen molar-refractivity contribution >= 4 is 17.5 Å². The van der Waals surface area contributed by atoms with Crippen molar-refractivity contribution in [1.82, 2.24) is 10.6 Å². The minimum atomic E-state index is 0.114. The fourth-order valence-electron chi connectivity index (χ4n) is 2.51. The zero-order valence-corrected chi connectivity index (χ0v) is 13.0. The van der Waals surface area contributed by atoms with Crippen LogP contribution in [0.2, 0.25) is 5.02 Å². The van der Waals surface area contributed by atoms with Gasteiger partial charge in [0.25, 0.3) is 0 Å². The molecule has 1 aromatic rings. The Morgan fingerprint density at radius 2 is 2.19 bits per heavy atom. The molecule has 0 unspecified atom stereocenters. The van der Waals surface area contributed by atoms with Gasteiger partial charge in [-0.05, 0) is 56.5 Å². The molecule has 2 N–H and O–H groups in total. The van der Waals surface area contributed by atoms with Crippen molar-refractivity contribution in [2.24, 2.45) is 5.92 Å². The number of halogens is 1. The van der Waals surface area contributed by atoms with Crippen LogP contribution in [0.3, 0.4) is 0 Å². The zero-order chi connectivity index (χ0) is 14.9. The van der Waals surface area contributed by atoms with E-state index in [9.17, 15) is 4.79 Å². The van der Waals surface area contributed by atoms with E-state index in [2.05, 4.69) is 10.6 Å². The van der Waals surface area contributed by atoms with E-state index in [-0.39, 0.29) is 5.91 Å². The van der Waals surface area contributed by atoms with Crippen molar-refractivity contribution in [1.29, 1.82) is 0 Å². The minimum absolute atomic E-state index is 0.114. The summed E-state index contributed by atoms with van der Waals surface area (Å²) in [4.78, 5) is 11.7. The Hall–Kier alpha value is -1.26. The van der Waals surface area contributed by atoms with Gasteiger partial charge >= 0.3 is 0 Å². The van der Waals surface area contributed by atoms with Crippen LogP contribution in [0.4, 0.5) is 0 Å². The van der Waals surface area contributed by atoms with Crippen molar-refractivity contribution in [2.45, 2.75) is 25.7 Å². The summed E-state index contributed by atoms with van der Waals surface area (Å²) in [6, 6.07) is 7.26. The predicted octanol–water partition coefficient (Wildman–Crippen LogP) is 2.61. The van der Waals surface area contributed by atoms with Crippen LogP contribution in [0.25, 0.3) is 0 Å².